The van der Waals surface area contributed by atoms with Crippen molar-refractivity contribution in [1.29, 1.82) is 0 Å². The van der Waals surface area contributed by atoms with Gasteiger partial charge in [0.1, 0.15) is 17.6 Å². The Morgan fingerprint density at radius 2 is 1.86 bits per heavy atom. The Balaban J connectivity index is 1.69. The van der Waals surface area contributed by atoms with E-state index in [1.807, 2.05) is 29.8 Å². The Bertz CT molecular complexity index is 1710. The van der Waals surface area contributed by atoms with Crippen LogP contribution in [0.1, 0.15) is 103 Å². The maximum Gasteiger partial charge on any atom is 0.341 e. The average Bonchev–Trinajstić information content (AvgIpc) is 3.53. The second-order valence-corrected chi connectivity index (χ2v) is 12.4. The monoisotopic (exact) mass is 565 g/mol. The van der Waals surface area contributed by atoms with Crippen molar-refractivity contribution in [1.82, 2.24) is 14.3 Å². The van der Waals surface area contributed by atoms with E-state index in [4.69, 9.17) is 14.6 Å². The highest BCUT2D eigenvalue weighted by Crippen LogP contribution is 2.48. The van der Waals surface area contributed by atoms with E-state index < -0.39 is 0 Å². The van der Waals surface area contributed by atoms with Gasteiger partial charge in [0.25, 0.3) is 0 Å². The molecule has 0 saturated heterocycles. The molecule has 7 heteroatoms. The third-order valence-electron chi connectivity index (χ3n) is 8.65. The Kier molecular flexibility index (Phi) is 7.29. The van der Waals surface area contributed by atoms with E-state index in [-0.39, 0.29) is 18.1 Å². The van der Waals surface area contributed by atoms with E-state index in [0.29, 0.717) is 23.6 Å². The predicted octanol–water partition coefficient (Wildman–Crippen LogP) is 7.86. The summed E-state index contributed by atoms with van der Waals surface area (Å²) in [4.78, 5) is 25.2. The van der Waals surface area contributed by atoms with E-state index in [9.17, 15) is 9.59 Å². The Labute approximate surface area is 247 Å². The second kappa shape index (κ2) is 10.9. The van der Waals surface area contributed by atoms with Crippen LogP contribution in [0.15, 0.2) is 42.6 Å². The van der Waals surface area contributed by atoms with Gasteiger partial charge in [0.15, 0.2) is 0 Å². The van der Waals surface area contributed by atoms with Gasteiger partial charge < -0.3 is 14.0 Å². The molecular weight excluding hydrogens is 526 g/mol. The van der Waals surface area contributed by atoms with Crippen LogP contribution in [0.5, 0.6) is 5.75 Å². The molecule has 0 unspecified atom stereocenters. The summed E-state index contributed by atoms with van der Waals surface area (Å²) >= 11 is 0. The number of aromatic nitrogens is 3. The number of aldehydes is 1. The lowest BCUT2D eigenvalue weighted by molar-refractivity contribution is 0.0525. The summed E-state index contributed by atoms with van der Waals surface area (Å²) in [5, 5.41) is 5.90. The standard InChI is InChI=1S/C35H39N3O4/c1-6-42-34(40)29-19-36-38(35(2,3)4)32(29)25-17-24-18-26(41-5)13-15-27(24)33-31(23-10-8-7-9-11-23)28-14-12-22(21-39)16-30(28)37(33)20-25/h12-19,21,23H,6-11,20H2,1-5H3. The number of rotatable bonds is 6. The van der Waals surface area contributed by atoms with E-state index in [1.165, 1.54) is 35.9 Å². The minimum atomic E-state index is -0.386. The highest BCUT2D eigenvalue weighted by Gasteiger charge is 2.33. The zero-order valence-corrected chi connectivity index (χ0v) is 25.2. The van der Waals surface area contributed by atoms with Crippen LogP contribution in [0, 0.1) is 0 Å². The van der Waals surface area contributed by atoms with Gasteiger partial charge in [-0.05, 0) is 93.5 Å². The molecule has 2 aromatic heterocycles. The number of methoxy groups -OCH3 is 1. The Morgan fingerprint density at radius 1 is 1.07 bits per heavy atom. The van der Waals surface area contributed by atoms with Crippen molar-refractivity contribution in [2.45, 2.75) is 77.8 Å². The number of carbonyl (C=O) groups is 2. The number of allylic oxidation sites excluding steroid dienone is 1. The van der Waals surface area contributed by atoms with Crippen LogP contribution in [0.4, 0.5) is 0 Å². The second-order valence-electron chi connectivity index (χ2n) is 12.4. The Morgan fingerprint density at radius 3 is 2.55 bits per heavy atom. The summed E-state index contributed by atoms with van der Waals surface area (Å²) in [6.07, 6.45) is 10.7. The van der Waals surface area contributed by atoms with Gasteiger partial charge in [-0.15, -0.1) is 0 Å². The summed E-state index contributed by atoms with van der Waals surface area (Å²) in [5.41, 5.74) is 8.12. The molecule has 0 atom stereocenters. The normalized spacial score (nSPS) is 15.5. The minimum absolute atomic E-state index is 0.281. The molecule has 4 aromatic rings. The summed E-state index contributed by atoms with van der Waals surface area (Å²) in [6, 6.07) is 12.3. The summed E-state index contributed by atoms with van der Waals surface area (Å²) in [6.45, 7) is 8.85. The van der Waals surface area contributed by atoms with Gasteiger partial charge in [0.05, 0.1) is 43.4 Å². The number of hydrogen-bond acceptors (Lipinski definition) is 5. The molecule has 1 aliphatic carbocycles. The molecule has 0 radical (unpaired) electrons. The van der Waals surface area contributed by atoms with E-state index in [0.717, 1.165) is 52.8 Å². The largest absolute Gasteiger partial charge is 0.497 e. The van der Waals surface area contributed by atoms with Crippen molar-refractivity contribution in [3.63, 3.8) is 0 Å². The van der Waals surface area contributed by atoms with Crippen LogP contribution in [0.25, 0.3) is 33.8 Å². The van der Waals surface area contributed by atoms with Gasteiger partial charge >= 0.3 is 5.97 Å². The first-order valence-electron chi connectivity index (χ1n) is 15.0. The maximum atomic E-state index is 13.3. The third kappa shape index (κ3) is 4.75. The first kappa shape index (κ1) is 28.0. The van der Waals surface area contributed by atoms with Crippen LogP contribution < -0.4 is 4.74 Å². The number of hydrogen-bond donors (Lipinski definition) is 0. The van der Waals surface area contributed by atoms with Crippen molar-refractivity contribution in [3.8, 4) is 17.0 Å². The summed E-state index contributed by atoms with van der Waals surface area (Å²) in [5.74, 6) is 0.820. The molecule has 1 aliphatic heterocycles. The Hall–Kier alpha value is -4.13. The molecule has 6 rings (SSSR count). The highest BCUT2D eigenvalue weighted by atomic mass is 16.5. The van der Waals surface area contributed by atoms with E-state index >= 15 is 0 Å². The molecule has 7 nitrogen and oxygen atoms in total. The van der Waals surface area contributed by atoms with Crippen LogP contribution in [0.2, 0.25) is 0 Å². The van der Waals surface area contributed by atoms with Crippen molar-refractivity contribution < 1.29 is 19.1 Å². The maximum absolute atomic E-state index is 13.3. The van der Waals surface area contributed by atoms with Crippen molar-refractivity contribution in [2.24, 2.45) is 0 Å². The lowest BCUT2D eigenvalue weighted by Gasteiger charge is -2.25. The smallest absolute Gasteiger partial charge is 0.341 e. The van der Waals surface area contributed by atoms with Crippen molar-refractivity contribution in [2.75, 3.05) is 13.7 Å². The molecule has 3 heterocycles. The highest BCUT2D eigenvalue weighted by molar-refractivity contribution is 6.02. The van der Waals surface area contributed by atoms with Gasteiger partial charge in [0.2, 0.25) is 0 Å². The lowest BCUT2D eigenvalue weighted by Crippen LogP contribution is -2.26. The molecule has 2 aliphatic rings. The summed E-state index contributed by atoms with van der Waals surface area (Å²) in [7, 11) is 1.68. The van der Waals surface area contributed by atoms with E-state index in [1.54, 1.807) is 13.3 Å². The molecule has 0 spiro atoms. The fourth-order valence-corrected chi connectivity index (χ4v) is 6.80. The molecule has 1 saturated carbocycles. The average molecular weight is 566 g/mol. The van der Waals surface area contributed by atoms with Gasteiger partial charge in [-0.25, -0.2) is 4.79 Å². The molecule has 2 aromatic carbocycles. The van der Waals surface area contributed by atoms with E-state index in [2.05, 4.69) is 49.6 Å². The van der Waals surface area contributed by atoms with Gasteiger partial charge in [-0.3, -0.25) is 9.48 Å². The first-order chi connectivity index (χ1) is 20.2. The molecule has 0 bridgehead atoms. The molecule has 218 valence electrons. The topological polar surface area (TPSA) is 75.3 Å². The van der Waals surface area contributed by atoms with Gasteiger partial charge in [-0.2, -0.15) is 5.10 Å². The number of nitrogens with zero attached hydrogens (tertiary/aromatic N) is 3. The van der Waals surface area contributed by atoms with Crippen molar-refractivity contribution >= 4 is 34.8 Å². The summed E-state index contributed by atoms with van der Waals surface area (Å²) < 4.78 is 15.5. The number of carbonyl (C=O) groups excluding carboxylic acids is 2. The molecule has 0 N–H and O–H groups in total. The fourth-order valence-electron chi connectivity index (χ4n) is 6.80. The van der Waals surface area contributed by atoms with Crippen molar-refractivity contribution in [3.05, 3.63) is 70.5 Å². The zero-order chi connectivity index (χ0) is 29.6. The number of ether oxygens (including phenoxy) is 2. The quantitative estimate of drug-likeness (QED) is 0.176. The van der Waals surface area contributed by atoms with Gasteiger partial charge in [-0.1, -0.05) is 31.4 Å². The molecule has 42 heavy (non-hydrogen) atoms. The fraction of sp³-hybridized carbons (Fsp3) is 0.400. The zero-order valence-electron chi connectivity index (χ0n) is 25.2. The van der Waals surface area contributed by atoms with Crippen LogP contribution in [-0.4, -0.2) is 40.3 Å². The van der Waals surface area contributed by atoms with Crippen LogP contribution in [-0.2, 0) is 16.8 Å². The third-order valence-corrected chi connectivity index (χ3v) is 8.65. The van der Waals surface area contributed by atoms with Crippen LogP contribution in [0.3, 0.4) is 0 Å². The SMILES string of the molecule is CCOC(=O)c1cnn(C(C)(C)C)c1C1=Cc2cc(OC)ccc2-c2c(C3CCCCC3)c3ccc(C=O)cc3n2C1. The predicted molar refractivity (Wildman–Crippen MR) is 166 cm³/mol. The van der Waals surface area contributed by atoms with Crippen LogP contribution >= 0.6 is 0 Å². The number of benzene rings is 2. The minimum Gasteiger partial charge on any atom is -0.497 e. The molecule has 1 fully saturated rings. The number of esters is 1. The van der Waals surface area contributed by atoms with Gasteiger partial charge in [0, 0.05) is 22.0 Å². The molecular formula is C35H39N3O4. The lowest BCUT2D eigenvalue weighted by atomic mass is 9.81. The number of fused-ring (bicyclic) bond motifs is 5. The molecule has 0 amide bonds. The first-order valence-corrected chi connectivity index (χ1v) is 15.0.